The lowest BCUT2D eigenvalue weighted by molar-refractivity contribution is 0.151. The first-order chi connectivity index (χ1) is 13.6. The summed E-state index contributed by atoms with van der Waals surface area (Å²) in [5.41, 5.74) is 2.43. The maximum absolute atomic E-state index is 12.9. The molecule has 6 nitrogen and oxygen atoms in total. The lowest BCUT2D eigenvalue weighted by Crippen LogP contribution is -2.41. The molecule has 3 heterocycles. The fourth-order valence-corrected chi connectivity index (χ4v) is 4.70. The molecular formula is C22H28N4O2. The van der Waals surface area contributed by atoms with E-state index in [4.69, 9.17) is 4.74 Å². The molecule has 6 heteroatoms. The van der Waals surface area contributed by atoms with Crippen LogP contribution in [-0.2, 0) is 6.54 Å². The molecule has 0 aliphatic carbocycles. The molecule has 0 radical (unpaired) electrons. The number of hydrogen-bond acceptors (Lipinski definition) is 4. The van der Waals surface area contributed by atoms with Crippen molar-refractivity contribution >= 4 is 6.03 Å². The van der Waals surface area contributed by atoms with Crippen molar-refractivity contribution in [1.82, 2.24) is 19.7 Å². The Morgan fingerprint density at radius 2 is 1.96 bits per heavy atom. The number of ether oxygens (including phenoxy) is 1. The third kappa shape index (κ3) is 3.56. The van der Waals surface area contributed by atoms with Crippen molar-refractivity contribution in [2.24, 2.45) is 11.8 Å². The van der Waals surface area contributed by atoms with E-state index in [0.29, 0.717) is 11.8 Å². The summed E-state index contributed by atoms with van der Waals surface area (Å²) >= 11 is 0. The first-order valence-corrected chi connectivity index (χ1v) is 9.80. The summed E-state index contributed by atoms with van der Waals surface area (Å²) < 4.78 is 5.31. The summed E-state index contributed by atoms with van der Waals surface area (Å²) in [7, 11) is 5.34. The van der Waals surface area contributed by atoms with Crippen molar-refractivity contribution in [2.45, 2.75) is 12.6 Å². The maximum atomic E-state index is 12.9. The van der Waals surface area contributed by atoms with Crippen LogP contribution in [0.4, 0.5) is 4.79 Å². The highest BCUT2D eigenvalue weighted by molar-refractivity contribution is 5.75. The topological polar surface area (TPSA) is 48.9 Å². The normalized spacial score (nSPS) is 24.2. The highest BCUT2D eigenvalue weighted by Gasteiger charge is 2.49. The van der Waals surface area contributed by atoms with Gasteiger partial charge in [-0.2, -0.15) is 0 Å². The van der Waals surface area contributed by atoms with Crippen LogP contribution in [0.1, 0.15) is 17.2 Å². The average Bonchev–Trinajstić information content (AvgIpc) is 3.25. The Kier molecular flexibility index (Phi) is 5.22. The zero-order valence-corrected chi connectivity index (χ0v) is 16.8. The summed E-state index contributed by atoms with van der Waals surface area (Å²) in [6, 6.07) is 12.5. The van der Waals surface area contributed by atoms with E-state index in [0.717, 1.165) is 31.9 Å². The van der Waals surface area contributed by atoms with Gasteiger partial charge in [-0.3, -0.25) is 9.88 Å². The molecule has 148 valence electrons. The Morgan fingerprint density at radius 1 is 1.18 bits per heavy atom. The van der Waals surface area contributed by atoms with E-state index in [1.54, 1.807) is 12.0 Å². The number of hydrogen-bond donors (Lipinski definition) is 0. The van der Waals surface area contributed by atoms with Crippen LogP contribution in [0.15, 0.2) is 48.8 Å². The molecule has 2 amide bonds. The van der Waals surface area contributed by atoms with Gasteiger partial charge >= 0.3 is 6.03 Å². The highest BCUT2D eigenvalue weighted by Crippen LogP contribution is 2.45. The van der Waals surface area contributed by atoms with E-state index in [9.17, 15) is 4.79 Å². The van der Waals surface area contributed by atoms with Crippen LogP contribution >= 0.6 is 0 Å². The van der Waals surface area contributed by atoms with Crippen molar-refractivity contribution in [3.05, 3.63) is 59.9 Å². The van der Waals surface area contributed by atoms with Crippen LogP contribution in [0.3, 0.4) is 0 Å². The van der Waals surface area contributed by atoms with E-state index >= 15 is 0 Å². The molecule has 0 N–H and O–H groups in total. The van der Waals surface area contributed by atoms with Gasteiger partial charge in [0.1, 0.15) is 5.75 Å². The van der Waals surface area contributed by atoms with Gasteiger partial charge in [0.05, 0.1) is 13.2 Å². The number of fused-ring (bicyclic) bond motifs is 1. The van der Waals surface area contributed by atoms with Crippen molar-refractivity contribution in [3.8, 4) is 5.75 Å². The van der Waals surface area contributed by atoms with Gasteiger partial charge < -0.3 is 14.5 Å². The summed E-state index contributed by atoms with van der Waals surface area (Å²) in [5, 5.41) is 0. The molecule has 0 saturated carbocycles. The lowest BCUT2D eigenvalue weighted by atomic mass is 9.89. The van der Waals surface area contributed by atoms with Gasteiger partial charge in [0.25, 0.3) is 0 Å². The SMILES string of the molecule is COc1ccc([C@H]2[C@@H]3CN(Cc4cccnc4)C[C@@H]3CN2C(=O)N(C)C)cc1. The number of pyridine rings is 1. The van der Waals surface area contributed by atoms with Gasteiger partial charge in [0.2, 0.25) is 0 Å². The third-order valence-corrected chi connectivity index (χ3v) is 5.95. The number of aromatic nitrogens is 1. The number of amides is 2. The Hall–Kier alpha value is -2.60. The highest BCUT2D eigenvalue weighted by atomic mass is 16.5. The molecule has 0 bridgehead atoms. The summed E-state index contributed by atoms with van der Waals surface area (Å²) in [6.45, 7) is 3.73. The molecule has 2 fully saturated rings. The Labute approximate surface area is 166 Å². The van der Waals surface area contributed by atoms with Gasteiger partial charge in [-0.1, -0.05) is 18.2 Å². The Bertz CT molecular complexity index is 809. The lowest BCUT2D eigenvalue weighted by Gasteiger charge is -2.32. The van der Waals surface area contributed by atoms with Gasteiger partial charge in [-0.15, -0.1) is 0 Å². The molecule has 1 aromatic heterocycles. The number of nitrogens with zero attached hydrogens (tertiary/aromatic N) is 4. The third-order valence-electron chi connectivity index (χ3n) is 5.95. The van der Waals surface area contributed by atoms with Gasteiger partial charge in [-0.05, 0) is 35.2 Å². The van der Waals surface area contributed by atoms with Crippen LogP contribution in [0.5, 0.6) is 5.75 Å². The average molecular weight is 380 g/mol. The van der Waals surface area contributed by atoms with Crippen molar-refractivity contribution < 1.29 is 9.53 Å². The van der Waals surface area contributed by atoms with Crippen molar-refractivity contribution in [3.63, 3.8) is 0 Å². The van der Waals surface area contributed by atoms with Crippen LogP contribution in [0, 0.1) is 11.8 Å². The standard InChI is InChI=1S/C22H28N4O2/c1-24(2)22(27)26-14-18-13-25(12-16-5-4-10-23-11-16)15-20(18)21(26)17-6-8-19(28-3)9-7-17/h4-11,18,20-21H,12-15H2,1-3H3/t18-,20-,21+/m1/s1. The number of likely N-dealkylation sites (tertiary alicyclic amines) is 2. The Balaban J connectivity index is 1.57. The molecule has 4 rings (SSSR count). The van der Waals surface area contributed by atoms with Crippen molar-refractivity contribution in [2.75, 3.05) is 40.8 Å². The number of methoxy groups -OCH3 is 1. The van der Waals surface area contributed by atoms with Gasteiger partial charge in [-0.25, -0.2) is 4.79 Å². The number of benzene rings is 1. The molecule has 2 aliphatic rings. The van der Waals surface area contributed by atoms with E-state index < -0.39 is 0 Å². The number of carbonyl (C=O) groups excluding carboxylic acids is 1. The first kappa shape index (κ1) is 18.7. The minimum atomic E-state index is 0.0917. The second-order valence-electron chi connectivity index (χ2n) is 8.03. The fourth-order valence-electron chi connectivity index (χ4n) is 4.70. The van der Waals surface area contributed by atoms with E-state index in [2.05, 4.69) is 33.0 Å². The summed E-state index contributed by atoms with van der Waals surface area (Å²) in [5.74, 6) is 1.77. The molecule has 1 aromatic carbocycles. The molecule has 0 unspecified atom stereocenters. The molecule has 28 heavy (non-hydrogen) atoms. The van der Waals surface area contributed by atoms with E-state index in [-0.39, 0.29) is 12.1 Å². The van der Waals surface area contributed by atoms with Gasteiger partial charge in [0.15, 0.2) is 0 Å². The van der Waals surface area contributed by atoms with Crippen molar-refractivity contribution in [1.29, 1.82) is 0 Å². The second-order valence-corrected chi connectivity index (χ2v) is 8.03. The zero-order chi connectivity index (χ0) is 19.7. The maximum Gasteiger partial charge on any atom is 0.320 e. The molecule has 2 aliphatic heterocycles. The number of carbonyl (C=O) groups is 1. The fraction of sp³-hybridized carbons (Fsp3) is 0.455. The molecule has 0 spiro atoms. The molecule has 2 aromatic rings. The number of rotatable bonds is 4. The minimum absolute atomic E-state index is 0.0917. The predicted molar refractivity (Wildman–Crippen MR) is 108 cm³/mol. The monoisotopic (exact) mass is 380 g/mol. The quantitative estimate of drug-likeness (QED) is 0.818. The smallest absolute Gasteiger partial charge is 0.320 e. The predicted octanol–water partition coefficient (Wildman–Crippen LogP) is 2.88. The molecule has 3 atom stereocenters. The van der Waals surface area contributed by atoms with Crippen LogP contribution < -0.4 is 4.74 Å². The molecule has 2 saturated heterocycles. The largest absolute Gasteiger partial charge is 0.497 e. The summed E-state index contributed by atoms with van der Waals surface area (Å²) in [4.78, 5) is 23.3. The molecular weight excluding hydrogens is 352 g/mol. The van der Waals surface area contributed by atoms with E-state index in [1.165, 1.54) is 11.1 Å². The Morgan fingerprint density at radius 3 is 2.61 bits per heavy atom. The van der Waals surface area contributed by atoms with Crippen LogP contribution in [0.25, 0.3) is 0 Å². The zero-order valence-electron chi connectivity index (χ0n) is 16.8. The van der Waals surface area contributed by atoms with Crippen LogP contribution in [0.2, 0.25) is 0 Å². The minimum Gasteiger partial charge on any atom is -0.497 e. The second kappa shape index (κ2) is 7.80. The van der Waals surface area contributed by atoms with E-state index in [1.807, 2.05) is 44.7 Å². The summed E-state index contributed by atoms with van der Waals surface area (Å²) in [6.07, 6.45) is 3.75. The first-order valence-electron chi connectivity index (χ1n) is 9.80. The number of urea groups is 1. The van der Waals surface area contributed by atoms with Crippen LogP contribution in [-0.4, -0.2) is 66.6 Å². The van der Waals surface area contributed by atoms with Gasteiger partial charge in [0, 0.05) is 58.6 Å².